The molecule has 1 aromatic rings. The summed E-state index contributed by atoms with van der Waals surface area (Å²) in [6, 6.07) is 2.91. The van der Waals surface area contributed by atoms with Gasteiger partial charge in [0.25, 0.3) is 0 Å². The smallest absolute Gasteiger partial charge is 0.0597 e. The van der Waals surface area contributed by atoms with Crippen molar-refractivity contribution in [3.8, 4) is 0 Å². The minimum atomic E-state index is 0.718. The molecule has 0 atom stereocenters. The van der Waals surface area contributed by atoms with E-state index >= 15 is 0 Å². The molecule has 1 aromatic heterocycles. The van der Waals surface area contributed by atoms with Crippen molar-refractivity contribution in [1.82, 2.24) is 20.0 Å². The normalized spacial score (nSPS) is 16.8. The van der Waals surface area contributed by atoms with Gasteiger partial charge in [-0.15, -0.1) is 0 Å². The van der Waals surface area contributed by atoms with Gasteiger partial charge in [-0.25, -0.2) is 0 Å². The van der Waals surface area contributed by atoms with Crippen LogP contribution in [-0.4, -0.2) is 40.4 Å². The first-order chi connectivity index (χ1) is 7.70. The van der Waals surface area contributed by atoms with Gasteiger partial charge in [-0.1, -0.05) is 6.92 Å². The first-order valence-electron chi connectivity index (χ1n) is 6.15. The molecule has 4 nitrogen and oxygen atoms in total. The molecule has 0 unspecified atom stereocenters. The Morgan fingerprint density at radius 3 is 2.75 bits per heavy atom. The number of nitrogens with one attached hydrogen (secondary N) is 1. The van der Waals surface area contributed by atoms with Gasteiger partial charge in [-0.2, -0.15) is 5.10 Å². The summed E-state index contributed by atoms with van der Waals surface area (Å²) in [6.07, 6.45) is 1.22. The Morgan fingerprint density at radius 2 is 2.31 bits per heavy atom. The van der Waals surface area contributed by atoms with Gasteiger partial charge in [-0.3, -0.25) is 9.58 Å². The molecule has 0 aromatic carbocycles. The molecule has 0 saturated carbocycles. The van der Waals surface area contributed by atoms with E-state index in [9.17, 15) is 0 Å². The third-order valence-electron chi connectivity index (χ3n) is 3.25. The summed E-state index contributed by atoms with van der Waals surface area (Å²) < 4.78 is 2.00. The minimum Gasteiger partial charge on any atom is -0.314 e. The lowest BCUT2D eigenvalue weighted by Gasteiger charge is -2.38. The molecular weight excluding hydrogens is 200 g/mol. The maximum absolute atomic E-state index is 4.40. The second-order valence-electron chi connectivity index (χ2n) is 4.68. The summed E-state index contributed by atoms with van der Waals surface area (Å²) in [5.74, 6) is 0. The van der Waals surface area contributed by atoms with Crippen LogP contribution in [-0.2, 0) is 13.6 Å². The van der Waals surface area contributed by atoms with Gasteiger partial charge >= 0.3 is 0 Å². The second kappa shape index (κ2) is 4.97. The van der Waals surface area contributed by atoms with E-state index in [4.69, 9.17) is 0 Å². The van der Waals surface area contributed by atoms with Crippen LogP contribution in [0.25, 0.3) is 0 Å². The fourth-order valence-electron chi connectivity index (χ4n) is 2.23. The average Bonchev–Trinajstić information content (AvgIpc) is 2.42. The zero-order chi connectivity index (χ0) is 11.5. The van der Waals surface area contributed by atoms with E-state index in [1.54, 1.807) is 0 Å². The highest BCUT2D eigenvalue weighted by atomic mass is 15.3. The zero-order valence-corrected chi connectivity index (χ0v) is 10.5. The van der Waals surface area contributed by atoms with Gasteiger partial charge in [0.2, 0.25) is 0 Å². The number of aryl methyl sites for hydroxylation is 2. The quantitative estimate of drug-likeness (QED) is 0.804. The molecular formula is C12H22N4. The zero-order valence-electron chi connectivity index (χ0n) is 10.5. The highest BCUT2D eigenvalue weighted by molar-refractivity contribution is 5.09. The Morgan fingerprint density at radius 1 is 1.56 bits per heavy atom. The van der Waals surface area contributed by atoms with Gasteiger partial charge in [0, 0.05) is 32.7 Å². The summed E-state index contributed by atoms with van der Waals surface area (Å²) in [5, 5.41) is 7.74. The van der Waals surface area contributed by atoms with Crippen molar-refractivity contribution < 1.29 is 0 Å². The highest BCUT2D eigenvalue weighted by Crippen LogP contribution is 2.12. The van der Waals surface area contributed by atoms with E-state index in [0.29, 0.717) is 0 Å². The van der Waals surface area contributed by atoms with Gasteiger partial charge in [0.15, 0.2) is 0 Å². The molecule has 4 heteroatoms. The van der Waals surface area contributed by atoms with E-state index in [-0.39, 0.29) is 0 Å². The summed E-state index contributed by atoms with van der Waals surface area (Å²) in [4.78, 5) is 2.56. The van der Waals surface area contributed by atoms with Crippen molar-refractivity contribution in [2.24, 2.45) is 7.05 Å². The van der Waals surface area contributed by atoms with Crippen LogP contribution < -0.4 is 5.32 Å². The summed E-state index contributed by atoms with van der Waals surface area (Å²) in [5.41, 5.74) is 2.43. The number of aromatic nitrogens is 2. The summed E-state index contributed by atoms with van der Waals surface area (Å²) in [6.45, 7) is 8.77. The largest absolute Gasteiger partial charge is 0.314 e. The van der Waals surface area contributed by atoms with Crippen LogP contribution in [0.3, 0.4) is 0 Å². The number of nitrogens with zero attached hydrogens (tertiary/aromatic N) is 3. The van der Waals surface area contributed by atoms with E-state index in [1.165, 1.54) is 18.7 Å². The first kappa shape index (κ1) is 11.6. The molecule has 1 fully saturated rings. The Hall–Kier alpha value is -0.870. The molecule has 0 bridgehead atoms. The maximum atomic E-state index is 4.40. The Labute approximate surface area is 97.6 Å². The lowest BCUT2D eigenvalue weighted by molar-refractivity contribution is 0.134. The number of hydrogen-bond acceptors (Lipinski definition) is 3. The second-order valence-corrected chi connectivity index (χ2v) is 4.68. The van der Waals surface area contributed by atoms with Gasteiger partial charge < -0.3 is 5.32 Å². The Bertz CT molecular complexity index is 341. The number of rotatable bonds is 5. The average molecular weight is 222 g/mol. The predicted molar refractivity (Wildman–Crippen MR) is 65.3 cm³/mol. The molecule has 0 radical (unpaired) electrons. The molecule has 1 N–H and O–H groups in total. The monoisotopic (exact) mass is 222 g/mol. The van der Waals surface area contributed by atoms with E-state index in [0.717, 1.165) is 31.4 Å². The van der Waals surface area contributed by atoms with Crippen molar-refractivity contribution in [2.45, 2.75) is 32.9 Å². The predicted octanol–water partition coefficient (Wildman–Crippen LogP) is 0.912. The van der Waals surface area contributed by atoms with Crippen LogP contribution in [0.15, 0.2) is 6.07 Å². The van der Waals surface area contributed by atoms with E-state index < -0.39 is 0 Å². The molecule has 2 rings (SSSR count). The summed E-state index contributed by atoms with van der Waals surface area (Å²) >= 11 is 0. The standard InChI is InChI=1S/C12H22N4/c1-4-5-16(12-7-13-8-12)9-11-6-10(2)14-15(11)3/h6,12-13H,4-5,7-9H2,1-3H3. The molecule has 90 valence electrons. The molecule has 0 aliphatic carbocycles. The number of hydrogen-bond donors (Lipinski definition) is 1. The van der Waals surface area contributed by atoms with Crippen LogP contribution in [0.2, 0.25) is 0 Å². The van der Waals surface area contributed by atoms with Crippen molar-refractivity contribution in [2.75, 3.05) is 19.6 Å². The van der Waals surface area contributed by atoms with Crippen molar-refractivity contribution in [1.29, 1.82) is 0 Å². The third-order valence-corrected chi connectivity index (χ3v) is 3.25. The fraction of sp³-hybridized carbons (Fsp3) is 0.750. The minimum absolute atomic E-state index is 0.718. The van der Waals surface area contributed by atoms with Crippen LogP contribution in [0.4, 0.5) is 0 Å². The fourth-order valence-corrected chi connectivity index (χ4v) is 2.23. The SMILES string of the molecule is CCCN(Cc1cc(C)nn1C)C1CNC1. The lowest BCUT2D eigenvalue weighted by Crippen LogP contribution is -2.57. The van der Waals surface area contributed by atoms with Crippen molar-refractivity contribution in [3.05, 3.63) is 17.5 Å². The van der Waals surface area contributed by atoms with Crippen LogP contribution >= 0.6 is 0 Å². The Balaban J connectivity index is 2.01. The van der Waals surface area contributed by atoms with E-state index in [2.05, 4.69) is 35.2 Å². The summed E-state index contributed by atoms with van der Waals surface area (Å²) in [7, 11) is 2.03. The van der Waals surface area contributed by atoms with Crippen LogP contribution in [0.1, 0.15) is 24.7 Å². The van der Waals surface area contributed by atoms with E-state index in [1.807, 2.05) is 11.7 Å². The maximum Gasteiger partial charge on any atom is 0.0597 e. The molecule has 0 spiro atoms. The molecule has 2 heterocycles. The molecule has 1 aliphatic heterocycles. The lowest BCUT2D eigenvalue weighted by atomic mass is 10.1. The third kappa shape index (κ3) is 2.44. The van der Waals surface area contributed by atoms with Gasteiger partial charge in [0.1, 0.15) is 0 Å². The Kier molecular flexibility index (Phi) is 3.61. The van der Waals surface area contributed by atoms with Crippen LogP contribution in [0.5, 0.6) is 0 Å². The van der Waals surface area contributed by atoms with Crippen molar-refractivity contribution in [3.63, 3.8) is 0 Å². The first-order valence-corrected chi connectivity index (χ1v) is 6.15. The van der Waals surface area contributed by atoms with Crippen molar-refractivity contribution >= 4 is 0 Å². The molecule has 1 aliphatic rings. The molecule has 16 heavy (non-hydrogen) atoms. The van der Waals surface area contributed by atoms with Crippen LogP contribution in [0, 0.1) is 6.92 Å². The molecule has 1 saturated heterocycles. The van der Waals surface area contributed by atoms with Gasteiger partial charge in [0.05, 0.1) is 11.4 Å². The topological polar surface area (TPSA) is 33.1 Å². The highest BCUT2D eigenvalue weighted by Gasteiger charge is 2.24. The van der Waals surface area contributed by atoms with Gasteiger partial charge in [-0.05, 0) is 26.0 Å². The molecule has 0 amide bonds.